The summed E-state index contributed by atoms with van der Waals surface area (Å²) in [6, 6.07) is 10.8. The van der Waals surface area contributed by atoms with Crippen molar-refractivity contribution in [2.45, 2.75) is 110 Å². The van der Waals surface area contributed by atoms with Crippen molar-refractivity contribution in [3.05, 3.63) is 63.5 Å². The molecule has 2 aliphatic carbocycles. The lowest BCUT2D eigenvalue weighted by molar-refractivity contribution is -0.0842. The minimum absolute atomic E-state index is 0.0264. The molecule has 4 atom stereocenters. The van der Waals surface area contributed by atoms with Crippen molar-refractivity contribution in [1.82, 2.24) is 4.98 Å². The molecule has 2 aromatic rings. The average molecular weight is 473 g/mol. The van der Waals surface area contributed by atoms with Crippen molar-refractivity contribution in [1.29, 1.82) is 5.26 Å². The monoisotopic (exact) mass is 472 g/mol. The Balaban J connectivity index is 1.75. The van der Waals surface area contributed by atoms with Gasteiger partial charge < -0.3 is 9.84 Å². The highest BCUT2D eigenvalue weighted by Gasteiger charge is 2.55. The third-order valence-corrected chi connectivity index (χ3v) is 8.86. The van der Waals surface area contributed by atoms with E-state index in [9.17, 15) is 10.4 Å². The largest absolute Gasteiger partial charge is 0.388 e. The van der Waals surface area contributed by atoms with Crippen LogP contribution in [0.2, 0.25) is 0 Å². The molecule has 2 unspecified atom stereocenters. The summed E-state index contributed by atoms with van der Waals surface area (Å²) in [6.07, 6.45) is 4.18. The maximum Gasteiger partial charge on any atom is 0.111 e. The second-order valence-corrected chi connectivity index (χ2v) is 12.9. The quantitative estimate of drug-likeness (QED) is 0.515. The van der Waals surface area contributed by atoms with Gasteiger partial charge in [-0.15, -0.1) is 0 Å². The van der Waals surface area contributed by atoms with Gasteiger partial charge in [-0.25, -0.2) is 0 Å². The average Bonchev–Trinajstić information content (AvgIpc) is 3.33. The van der Waals surface area contributed by atoms with Crippen LogP contribution in [-0.4, -0.2) is 10.1 Å². The number of hydrogen-bond acceptors (Lipinski definition) is 4. The van der Waals surface area contributed by atoms with Gasteiger partial charge in [0.15, 0.2) is 0 Å². The molecule has 4 nitrogen and oxygen atoms in total. The Morgan fingerprint density at radius 2 is 1.86 bits per heavy atom. The summed E-state index contributed by atoms with van der Waals surface area (Å²) in [5, 5.41) is 21.1. The van der Waals surface area contributed by atoms with Gasteiger partial charge in [-0.1, -0.05) is 58.9 Å². The molecule has 1 spiro atoms. The second kappa shape index (κ2) is 8.15. The Kier molecular flexibility index (Phi) is 5.70. The number of ether oxygens (including phenoxy) is 1. The van der Waals surface area contributed by atoms with E-state index in [1.54, 1.807) is 0 Å². The third-order valence-electron chi connectivity index (χ3n) is 8.86. The lowest BCUT2D eigenvalue weighted by atomic mass is 9.69. The van der Waals surface area contributed by atoms with E-state index in [4.69, 9.17) is 9.72 Å². The number of nitriles is 1. The molecule has 1 fully saturated rings. The fourth-order valence-corrected chi connectivity index (χ4v) is 6.89. The number of hydrogen-bond donors (Lipinski definition) is 1. The number of nitrogens with zero attached hydrogens (tertiary/aromatic N) is 2. The molecule has 0 radical (unpaired) electrons. The first kappa shape index (κ1) is 24.5. The first-order valence-corrected chi connectivity index (χ1v) is 13.3. The highest BCUT2D eigenvalue weighted by atomic mass is 16.5. The van der Waals surface area contributed by atoms with E-state index in [1.807, 2.05) is 13.8 Å². The summed E-state index contributed by atoms with van der Waals surface area (Å²) in [5.41, 5.74) is 6.93. The molecule has 1 aromatic heterocycles. The molecule has 0 saturated heterocycles. The zero-order valence-electron chi connectivity index (χ0n) is 22.4. The van der Waals surface area contributed by atoms with E-state index in [1.165, 1.54) is 11.1 Å². The Bertz CT molecular complexity index is 1190. The summed E-state index contributed by atoms with van der Waals surface area (Å²) in [4.78, 5) is 5.27. The van der Waals surface area contributed by atoms with Gasteiger partial charge in [0.25, 0.3) is 0 Å². The fourth-order valence-electron chi connectivity index (χ4n) is 6.89. The van der Waals surface area contributed by atoms with Crippen molar-refractivity contribution < 1.29 is 9.84 Å². The van der Waals surface area contributed by atoms with Crippen LogP contribution >= 0.6 is 0 Å². The van der Waals surface area contributed by atoms with Crippen molar-refractivity contribution in [3.63, 3.8) is 0 Å². The van der Waals surface area contributed by atoms with Gasteiger partial charge in [0.2, 0.25) is 0 Å². The Morgan fingerprint density at radius 1 is 1.17 bits per heavy atom. The Morgan fingerprint density at radius 3 is 2.43 bits per heavy atom. The van der Waals surface area contributed by atoms with Crippen LogP contribution < -0.4 is 0 Å². The molecular weight excluding hydrogens is 432 g/mol. The van der Waals surface area contributed by atoms with E-state index in [0.717, 1.165) is 60.2 Å². The molecule has 35 heavy (non-hydrogen) atoms. The predicted molar refractivity (Wildman–Crippen MR) is 138 cm³/mol. The van der Waals surface area contributed by atoms with Crippen molar-refractivity contribution >= 4 is 0 Å². The summed E-state index contributed by atoms with van der Waals surface area (Å²) < 4.78 is 7.17. The smallest absolute Gasteiger partial charge is 0.111 e. The van der Waals surface area contributed by atoms with Gasteiger partial charge in [-0.05, 0) is 79.9 Å². The summed E-state index contributed by atoms with van der Waals surface area (Å²) in [5.74, 6) is 0.641. The van der Waals surface area contributed by atoms with Crippen LogP contribution in [0.15, 0.2) is 24.3 Å². The van der Waals surface area contributed by atoms with Gasteiger partial charge in [-0.3, -0.25) is 4.98 Å². The van der Waals surface area contributed by atoms with Crippen LogP contribution in [0.3, 0.4) is 0 Å². The summed E-state index contributed by atoms with van der Waals surface area (Å²) in [6.45, 7) is 15.1. The highest BCUT2D eigenvalue weighted by molar-refractivity contribution is 5.55. The molecule has 4 heteroatoms. The van der Waals surface area contributed by atoms with Gasteiger partial charge in [0, 0.05) is 22.5 Å². The highest BCUT2D eigenvalue weighted by Crippen LogP contribution is 2.61. The molecular formula is C31H40N2O2. The first-order valence-electron chi connectivity index (χ1n) is 13.3. The topological polar surface area (TPSA) is 66.1 Å². The van der Waals surface area contributed by atoms with Gasteiger partial charge in [-0.2, -0.15) is 5.26 Å². The van der Waals surface area contributed by atoms with Crippen LogP contribution in [0.25, 0.3) is 0 Å². The van der Waals surface area contributed by atoms with Gasteiger partial charge >= 0.3 is 0 Å². The van der Waals surface area contributed by atoms with Crippen LogP contribution in [-0.2, 0) is 22.2 Å². The molecule has 1 aliphatic heterocycles. The molecule has 0 amide bonds. The normalized spacial score (nSPS) is 29.3. The number of benzene rings is 1. The SMILES string of the molecule is CC(C)c1nc2c(c3c1[C@H](c1ccc(C(C)(C)C#N)cc1)OC31CCCC1C)[C@@H](O)CC(C)(C)C2. The van der Waals surface area contributed by atoms with Gasteiger partial charge in [0.05, 0.1) is 23.2 Å². The van der Waals surface area contributed by atoms with E-state index >= 15 is 0 Å². The number of rotatable bonds is 3. The fraction of sp³-hybridized carbons (Fsp3) is 0.613. The Hall–Kier alpha value is -2.22. The lowest BCUT2D eigenvalue weighted by Crippen LogP contribution is -2.34. The van der Waals surface area contributed by atoms with Crippen molar-refractivity contribution in [3.8, 4) is 6.07 Å². The molecule has 3 aliphatic rings. The number of aromatic nitrogens is 1. The van der Waals surface area contributed by atoms with Crippen LogP contribution in [0.4, 0.5) is 0 Å². The summed E-state index contributed by atoms with van der Waals surface area (Å²) in [7, 11) is 0. The number of pyridine rings is 1. The van der Waals surface area contributed by atoms with E-state index in [-0.39, 0.29) is 23.0 Å². The molecule has 5 rings (SSSR count). The van der Waals surface area contributed by atoms with Crippen LogP contribution in [0, 0.1) is 22.7 Å². The molecule has 2 heterocycles. The second-order valence-electron chi connectivity index (χ2n) is 12.9. The van der Waals surface area contributed by atoms with E-state index < -0.39 is 11.5 Å². The number of fused-ring (bicyclic) bond motifs is 4. The van der Waals surface area contributed by atoms with Crippen LogP contribution in [0.1, 0.15) is 131 Å². The van der Waals surface area contributed by atoms with Crippen molar-refractivity contribution in [2.24, 2.45) is 11.3 Å². The Labute approximate surface area is 210 Å². The zero-order valence-corrected chi connectivity index (χ0v) is 22.4. The molecule has 1 N–H and O–H groups in total. The summed E-state index contributed by atoms with van der Waals surface area (Å²) >= 11 is 0. The molecule has 186 valence electrons. The van der Waals surface area contributed by atoms with Crippen LogP contribution in [0.5, 0.6) is 0 Å². The lowest BCUT2D eigenvalue weighted by Gasteiger charge is -2.39. The molecule has 0 bridgehead atoms. The van der Waals surface area contributed by atoms with E-state index in [0.29, 0.717) is 5.92 Å². The molecule has 1 aromatic carbocycles. The predicted octanol–water partition coefficient (Wildman–Crippen LogP) is 7.15. The van der Waals surface area contributed by atoms with Gasteiger partial charge in [0.1, 0.15) is 6.10 Å². The molecule has 1 saturated carbocycles. The number of aliphatic hydroxyl groups excluding tert-OH is 1. The third kappa shape index (κ3) is 3.74. The minimum Gasteiger partial charge on any atom is -0.388 e. The van der Waals surface area contributed by atoms with Crippen molar-refractivity contribution in [2.75, 3.05) is 0 Å². The standard InChI is InChI=1S/C31H40N2O2/c1-18(2)27-25-26(24-22(33-27)15-29(4,5)16-23(24)34)31(14-8-9-19(31)3)35-28(25)20-10-12-21(13-11-20)30(6,7)17-32/h10-13,18-19,23,28,34H,8-9,14-16H2,1-7H3/t19?,23-,28-,31?/m0/s1. The minimum atomic E-state index is -0.533. The number of aliphatic hydroxyl groups is 1. The first-order chi connectivity index (χ1) is 16.4. The maximum absolute atomic E-state index is 11.5. The maximum atomic E-state index is 11.5. The van der Waals surface area contributed by atoms with E-state index in [2.05, 4.69) is 65.0 Å². The zero-order chi connectivity index (χ0) is 25.3.